The van der Waals surface area contributed by atoms with Gasteiger partial charge in [0.25, 0.3) is 5.91 Å². The molecule has 3 aromatic rings. The van der Waals surface area contributed by atoms with E-state index < -0.39 is 6.10 Å². The molecule has 1 heterocycles. The number of nitrogens with one attached hydrogen (secondary N) is 1. The van der Waals surface area contributed by atoms with Crippen LogP contribution < -0.4 is 14.8 Å². The Balaban J connectivity index is 1.43. The van der Waals surface area contributed by atoms with Crippen LogP contribution in [-0.4, -0.2) is 18.6 Å². The molecule has 1 atom stereocenters. The molecule has 1 amide bonds. The van der Waals surface area contributed by atoms with Gasteiger partial charge in [-0.3, -0.25) is 4.79 Å². The summed E-state index contributed by atoms with van der Waals surface area (Å²) in [7, 11) is 0. The minimum Gasteiger partial charge on any atom is -0.485 e. The first-order chi connectivity index (χ1) is 12.3. The predicted molar refractivity (Wildman–Crippen MR) is 96.3 cm³/mol. The lowest BCUT2D eigenvalue weighted by molar-refractivity contribution is -0.125. The number of rotatable bonds is 2. The molecule has 1 aliphatic carbocycles. The van der Waals surface area contributed by atoms with Crippen LogP contribution in [0.1, 0.15) is 11.1 Å². The van der Waals surface area contributed by atoms with E-state index in [-0.39, 0.29) is 12.5 Å². The molecule has 4 nitrogen and oxygen atoms in total. The van der Waals surface area contributed by atoms with Crippen LogP contribution >= 0.6 is 0 Å². The Morgan fingerprint density at radius 3 is 2.60 bits per heavy atom. The van der Waals surface area contributed by atoms with Crippen molar-refractivity contribution in [3.63, 3.8) is 0 Å². The van der Waals surface area contributed by atoms with Crippen LogP contribution in [-0.2, 0) is 17.6 Å². The smallest absolute Gasteiger partial charge is 0.269 e. The second-order valence-electron chi connectivity index (χ2n) is 6.47. The molecular formula is C21H17NO3. The van der Waals surface area contributed by atoms with Gasteiger partial charge in [0, 0.05) is 11.1 Å². The second-order valence-corrected chi connectivity index (χ2v) is 6.47. The third kappa shape index (κ3) is 2.33. The zero-order chi connectivity index (χ0) is 16.8. The second kappa shape index (κ2) is 5.52. The molecule has 0 aromatic heterocycles. The molecule has 3 aromatic carbocycles. The predicted octanol–water partition coefficient (Wildman–Crippen LogP) is 3.72. The summed E-state index contributed by atoms with van der Waals surface area (Å²) in [5.41, 5.74) is 3.54. The van der Waals surface area contributed by atoms with Crippen LogP contribution in [0.25, 0.3) is 10.8 Å². The number of anilines is 1. The lowest BCUT2D eigenvalue weighted by Gasteiger charge is -2.25. The number of hydrogen-bond acceptors (Lipinski definition) is 3. The first kappa shape index (κ1) is 14.3. The van der Waals surface area contributed by atoms with Gasteiger partial charge in [0.1, 0.15) is 6.61 Å². The van der Waals surface area contributed by atoms with E-state index in [0.717, 1.165) is 23.9 Å². The highest BCUT2D eigenvalue weighted by molar-refractivity contribution is 6.06. The van der Waals surface area contributed by atoms with Crippen LogP contribution in [0.15, 0.2) is 54.6 Å². The van der Waals surface area contributed by atoms with Crippen molar-refractivity contribution in [2.45, 2.75) is 18.9 Å². The molecule has 0 saturated heterocycles. The molecular weight excluding hydrogens is 314 g/mol. The summed E-state index contributed by atoms with van der Waals surface area (Å²) >= 11 is 0. The van der Waals surface area contributed by atoms with Crippen molar-refractivity contribution in [1.29, 1.82) is 0 Å². The molecule has 0 saturated carbocycles. The van der Waals surface area contributed by atoms with Gasteiger partial charge < -0.3 is 14.8 Å². The molecule has 1 N–H and O–H groups in total. The molecule has 1 unspecified atom stereocenters. The van der Waals surface area contributed by atoms with E-state index in [9.17, 15) is 4.79 Å². The highest BCUT2D eigenvalue weighted by Gasteiger charge is 2.28. The van der Waals surface area contributed by atoms with Crippen molar-refractivity contribution < 1.29 is 14.3 Å². The van der Waals surface area contributed by atoms with Crippen molar-refractivity contribution in [3.8, 4) is 11.5 Å². The van der Waals surface area contributed by atoms with Gasteiger partial charge in [0.15, 0.2) is 11.5 Å². The number of fused-ring (bicyclic) bond motifs is 1. The van der Waals surface area contributed by atoms with Gasteiger partial charge in [-0.2, -0.15) is 0 Å². The van der Waals surface area contributed by atoms with Crippen LogP contribution in [0, 0.1) is 0 Å². The highest BCUT2D eigenvalue weighted by atomic mass is 16.6. The third-order valence-electron chi connectivity index (χ3n) is 4.94. The maximum atomic E-state index is 12.7. The number of carbonyl (C=O) groups excluding carboxylic acids is 1. The molecule has 2 aliphatic rings. The Morgan fingerprint density at radius 1 is 0.920 bits per heavy atom. The van der Waals surface area contributed by atoms with E-state index in [2.05, 4.69) is 29.6 Å². The molecule has 4 heteroatoms. The molecule has 1 aliphatic heterocycles. The average molecular weight is 331 g/mol. The monoisotopic (exact) mass is 331 g/mol. The zero-order valence-electron chi connectivity index (χ0n) is 13.6. The van der Waals surface area contributed by atoms with E-state index >= 15 is 0 Å². The normalized spacial score (nSPS) is 17.5. The first-order valence-electron chi connectivity index (χ1n) is 8.52. The third-order valence-corrected chi connectivity index (χ3v) is 4.94. The van der Waals surface area contributed by atoms with Crippen LogP contribution in [0.5, 0.6) is 11.5 Å². The number of benzene rings is 3. The van der Waals surface area contributed by atoms with Gasteiger partial charge in [0.05, 0.1) is 0 Å². The molecule has 124 valence electrons. The summed E-state index contributed by atoms with van der Waals surface area (Å²) < 4.78 is 11.4. The molecule has 0 radical (unpaired) electrons. The fourth-order valence-electron chi connectivity index (χ4n) is 3.72. The van der Waals surface area contributed by atoms with Gasteiger partial charge in [-0.1, -0.05) is 36.4 Å². The van der Waals surface area contributed by atoms with Crippen LogP contribution in [0.4, 0.5) is 5.69 Å². The van der Waals surface area contributed by atoms with E-state index in [1.807, 2.05) is 30.3 Å². The van der Waals surface area contributed by atoms with E-state index in [1.165, 1.54) is 16.5 Å². The Bertz CT molecular complexity index is 985. The zero-order valence-corrected chi connectivity index (χ0v) is 13.6. The quantitative estimate of drug-likeness (QED) is 0.778. The SMILES string of the molecule is O=C(Nc1ccc2c3c(cccc13)CC2)C1COc2ccccc2O1. The van der Waals surface area contributed by atoms with E-state index in [4.69, 9.17) is 9.47 Å². The molecule has 5 rings (SSSR count). The van der Waals surface area contributed by atoms with E-state index in [0.29, 0.717) is 11.5 Å². The fraction of sp³-hybridized carbons (Fsp3) is 0.190. The lowest BCUT2D eigenvalue weighted by atomic mass is 10.0. The van der Waals surface area contributed by atoms with Gasteiger partial charge in [-0.25, -0.2) is 0 Å². The van der Waals surface area contributed by atoms with Crippen molar-refractivity contribution in [3.05, 3.63) is 65.7 Å². The summed E-state index contributed by atoms with van der Waals surface area (Å²) in [4.78, 5) is 12.7. The minimum atomic E-state index is -0.655. The molecule has 25 heavy (non-hydrogen) atoms. The largest absolute Gasteiger partial charge is 0.485 e. The summed E-state index contributed by atoms with van der Waals surface area (Å²) in [6, 6.07) is 17.8. The summed E-state index contributed by atoms with van der Waals surface area (Å²) in [5.74, 6) is 1.10. The van der Waals surface area contributed by atoms with Gasteiger partial charge in [0.2, 0.25) is 6.10 Å². The number of aryl methyl sites for hydroxylation is 2. The van der Waals surface area contributed by atoms with Crippen LogP contribution in [0.2, 0.25) is 0 Å². The first-order valence-corrected chi connectivity index (χ1v) is 8.52. The Morgan fingerprint density at radius 2 is 1.72 bits per heavy atom. The van der Waals surface area contributed by atoms with Crippen molar-refractivity contribution in [2.75, 3.05) is 11.9 Å². The number of ether oxygens (including phenoxy) is 2. The number of amides is 1. The standard InChI is InChI=1S/C21H17NO3/c23-21(19-12-24-17-6-1-2-7-18(17)25-19)22-16-11-10-14-9-8-13-4-3-5-15(16)20(13)14/h1-7,10-11,19H,8-9,12H2,(H,22,23). The lowest BCUT2D eigenvalue weighted by Crippen LogP contribution is -2.40. The number of hydrogen-bond donors (Lipinski definition) is 1. The summed E-state index contributed by atoms with van der Waals surface area (Å²) in [5, 5.41) is 5.40. The Kier molecular flexibility index (Phi) is 3.17. The van der Waals surface area contributed by atoms with Crippen molar-refractivity contribution in [1.82, 2.24) is 0 Å². The molecule has 0 bridgehead atoms. The van der Waals surface area contributed by atoms with Crippen LogP contribution in [0.3, 0.4) is 0 Å². The Hall–Kier alpha value is -3.01. The molecule has 0 fully saturated rings. The minimum absolute atomic E-state index is 0.187. The van der Waals surface area contributed by atoms with E-state index in [1.54, 1.807) is 0 Å². The van der Waals surface area contributed by atoms with Gasteiger partial charge >= 0.3 is 0 Å². The topological polar surface area (TPSA) is 47.6 Å². The van der Waals surface area contributed by atoms with Gasteiger partial charge in [-0.15, -0.1) is 0 Å². The number of para-hydroxylation sites is 2. The van der Waals surface area contributed by atoms with Crippen molar-refractivity contribution in [2.24, 2.45) is 0 Å². The highest BCUT2D eigenvalue weighted by Crippen LogP contribution is 2.35. The summed E-state index contributed by atoms with van der Waals surface area (Å²) in [6.45, 7) is 0.212. The maximum absolute atomic E-state index is 12.7. The molecule has 0 spiro atoms. The van der Waals surface area contributed by atoms with Crippen molar-refractivity contribution >= 4 is 22.4 Å². The maximum Gasteiger partial charge on any atom is 0.269 e. The summed E-state index contributed by atoms with van der Waals surface area (Å²) in [6.07, 6.45) is 1.49. The Labute approximate surface area is 145 Å². The number of carbonyl (C=O) groups is 1. The van der Waals surface area contributed by atoms with Gasteiger partial charge in [-0.05, 0) is 47.6 Å². The average Bonchev–Trinajstić information content (AvgIpc) is 3.08. The fourth-order valence-corrected chi connectivity index (χ4v) is 3.72.